The number of ketones is 1. The van der Waals surface area contributed by atoms with Gasteiger partial charge in [-0.2, -0.15) is 0 Å². The molecule has 1 aromatic rings. The zero-order valence-electron chi connectivity index (χ0n) is 15.7. The average Bonchev–Trinajstić information content (AvgIpc) is 3.02. The van der Waals surface area contributed by atoms with E-state index in [4.69, 9.17) is 17.0 Å². The first kappa shape index (κ1) is 21.1. The predicted octanol–water partition coefficient (Wildman–Crippen LogP) is 0.239. The summed E-state index contributed by atoms with van der Waals surface area (Å²) in [5.41, 5.74) is -2.82. The highest BCUT2D eigenvalue weighted by molar-refractivity contribution is 9.11. The van der Waals surface area contributed by atoms with E-state index < -0.39 is 42.1 Å². The van der Waals surface area contributed by atoms with Gasteiger partial charge in [0.2, 0.25) is 5.60 Å². The van der Waals surface area contributed by atoms with Crippen molar-refractivity contribution < 1.29 is 22.7 Å². The minimum Gasteiger partial charge on any atom is -0.361 e. The van der Waals surface area contributed by atoms with Gasteiger partial charge < -0.3 is 4.74 Å². The molecule has 13 heteroatoms. The number of carbonyl (C=O) groups excluding carboxylic acids is 2. The van der Waals surface area contributed by atoms with E-state index >= 15 is 0 Å². The van der Waals surface area contributed by atoms with Crippen LogP contribution < -0.4 is 0 Å². The number of rotatable bonds is 4. The molecule has 0 N–H and O–H groups in total. The molecule has 0 aliphatic carbocycles. The fourth-order valence-electron chi connectivity index (χ4n) is 3.25. The lowest BCUT2D eigenvalue weighted by molar-refractivity contribution is -0.169. The van der Waals surface area contributed by atoms with E-state index in [1.807, 2.05) is 0 Å². The van der Waals surface area contributed by atoms with E-state index in [9.17, 15) is 18.0 Å². The van der Waals surface area contributed by atoms with Crippen molar-refractivity contribution in [3.05, 3.63) is 11.5 Å². The van der Waals surface area contributed by atoms with Gasteiger partial charge in [-0.1, -0.05) is 48.9 Å². The second kappa shape index (κ2) is 6.47. The first-order chi connectivity index (χ1) is 12.9. The van der Waals surface area contributed by atoms with Gasteiger partial charge in [-0.25, -0.2) is 13.1 Å². The third kappa shape index (κ3) is 2.56. The number of halogens is 1. The van der Waals surface area contributed by atoms with Gasteiger partial charge in [0.15, 0.2) is 26.8 Å². The van der Waals surface area contributed by atoms with Crippen LogP contribution in [0.3, 0.4) is 0 Å². The summed E-state index contributed by atoms with van der Waals surface area (Å²) in [4.78, 5) is 27.2. The monoisotopic (exact) mass is 491 g/mol. The van der Waals surface area contributed by atoms with E-state index in [1.54, 1.807) is 20.8 Å². The second-order valence-electron chi connectivity index (χ2n) is 7.52. The van der Waals surface area contributed by atoms with Crippen molar-refractivity contribution in [1.29, 1.82) is 0 Å². The number of hydrogen-bond acceptors (Lipinski definition) is 9. The molecule has 2 aliphatic heterocycles. The first-order valence-electron chi connectivity index (χ1n) is 8.10. The third-order valence-corrected chi connectivity index (χ3v) is 9.11. The number of allylic oxidation sites excluding steroid dienone is 1. The van der Waals surface area contributed by atoms with Crippen LogP contribution in [-0.4, -0.2) is 72.8 Å². The number of carbonyl (C=O) groups is 2. The topological polar surface area (TPSA) is 124 Å². The van der Waals surface area contributed by atoms with E-state index in [0.29, 0.717) is 0 Å². The molecule has 1 amide bonds. The van der Waals surface area contributed by atoms with Crippen molar-refractivity contribution in [2.45, 2.75) is 35.9 Å². The molecule has 3 atom stereocenters. The molecule has 0 radical (unpaired) electrons. The van der Waals surface area contributed by atoms with Crippen LogP contribution in [0.1, 0.15) is 26.6 Å². The number of β-lactam (4-membered cyclic amide) rings is 1. The summed E-state index contributed by atoms with van der Waals surface area (Å²) in [7, 11) is -1.38. The molecule has 0 bridgehead atoms. The lowest BCUT2D eigenvalue weighted by atomic mass is 9.83. The highest BCUT2D eigenvalue weighted by Gasteiger charge is 2.72. The summed E-state index contributed by atoms with van der Waals surface area (Å²) in [6, 6.07) is 0. The summed E-state index contributed by atoms with van der Waals surface area (Å²) in [6.45, 7) is 5.01. The molecular formula is C15H18BrN5O5S2. The van der Waals surface area contributed by atoms with Crippen LogP contribution in [0.2, 0.25) is 0 Å². The molecule has 0 saturated carbocycles. The number of nitrogens with zero attached hydrogens (tertiary/aromatic N) is 5. The van der Waals surface area contributed by atoms with Crippen LogP contribution in [0.5, 0.6) is 0 Å². The summed E-state index contributed by atoms with van der Waals surface area (Å²) in [5, 5.41) is 10.6. The molecule has 2 aliphatic rings. The second-order valence-corrected chi connectivity index (χ2v) is 11.4. The molecule has 152 valence electrons. The number of hydrogen-bond donors (Lipinski definition) is 0. The lowest BCUT2D eigenvalue weighted by Crippen LogP contribution is -2.79. The van der Waals surface area contributed by atoms with Gasteiger partial charge in [0.1, 0.15) is 4.16 Å². The third-order valence-electron chi connectivity index (χ3n) is 4.75. The lowest BCUT2D eigenvalue weighted by Gasteiger charge is -2.55. The van der Waals surface area contributed by atoms with Crippen LogP contribution in [0, 0.1) is 5.41 Å². The van der Waals surface area contributed by atoms with Crippen LogP contribution >= 0.6 is 28.1 Å². The van der Waals surface area contributed by atoms with E-state index in [0.717, 1.165) is 10.3 Å². The van der Waals surface area contributed by atoms with Crippen molar-refractivity contribution in [3.8, 4) is 0 Å². The molecule has 10 nitrogen and oxygen atoms in total. The Labute approximate surface area is 175 Å². The molecule has 28 heavy (non-hydrogen) atoms. The number of Topliss-reactive ketones (excluding diaryl/α,β-unsaturated/α-hetero) is 1. The number of methoxy groups -OCH3 is 1. The van der Waals surface area contributed by atoms with Crippen LogP contribution in [0.4, 0.5) is 0 Å². The number of sulfone groups is 1. The van der Waals surface area contributed by atoms with Crippen molar-refractivity contribution in [2.75, 3.05) is 7.11 Å². The number of ether oxygens (including phenoxy) is 1. The van der Waals surface area contributed by atoms with Gasteiger partial charge in [0, 0.05) is 24.9 Å². The Balaban J connectivity index is 2.40. The molecule has 1 fully saturated rings. The smallest absolute Gasteiger partial charge is 0.268 e. The summed E-state index contributed by atoms with van der Waals surface area (Å²) in [6.07, 6.45) is 0. The Bertz CT molecular complexity index is 1030. The average molecular weight is 492 g/mol. The molecule has 3 heterocycles. The largest absolute Gasteiger partial charge is 0.361 e. The molecule has 1 aromatic heterocycles. The number of alkyl halides is 1. The Morgan fingerprint density at radius 2 is 2.00 bits per heavy atom. The maximum Gasteiger partial charge on any atom is 0.268 e. The number of fused-ring (bicyclic) bond motifs is 1. The van der Waals surface area contributed by atoms with E-state index in [-0.39, 0.29) is 17.1 Å². The minimum absolute atomic E-state index is 0.00564. The Kier molecular flexibility index (Phi) is 4.89. The van der Waals surface area contributed by atoms with Crippen molar-refractivity contribution >= 4 is 60.6 Å². The molecule has 1 unspecified atom stereocenters. The fourth-order valence-corrected chi connectivity index (χ4v) is 6.71. The Morgan fingerprint density at radius 1 is 1.39 bits per heavy atom. The van der Waals surface area contributed by atoms with Gasteiger partial charge in [-0.15, -0.1) is 5.10 Å². The van der Waals surface area contributed by atoms with Gasteiger partial charge in [0.05, 0.1) is 11.3 Å². The van der Waals surface area contributed by atoms with Gasteiger partial charge in [-0.3, -0.25) is 14.5 Å². The zero-order valence-corrected chi connectivity index (χ0v) is 18.9. The van der Waals surface area contributed by atoms with E-state index in [2.05, 4.69) is 31.5 Å². The maximum absolute atomic E-state index is 13.3. The number of thiocarbonyl (C=S) groups is 1. The Hall–Kier alpha value is -1.57. The standard InChI is InChI=1S/C15H18BrN5O5S2/c1-14(2,3)9(22)8-7(11-17-18-19-20(11)4)10(16)28(24,25)13-15(6-27,26-5)12(23)21(8)13/h6,10,13H,1-5H3/t10?,13-,15-/m0/s1. The van der Waals surface area contributed by atoms with Crippen molar-refractivity contribution in [1.82, 2.24) is 25.1 Å². The van der Waals surface area contributed by atoms with Crippen molar-refractivity contribution in [2.24, 2.45) is 12.5 Å². The number of amides is 1. The van der Waals surface area contributed by atoms with Gasteiger partial charge in [-0.05, 0) is 10.4 Å². The molecule has 3 rings (SSSR count). The summed E-state index contributed by atoms with van der Waals surface area (Å²) in [5.74, 6) is -1.10. The van der Waals surface area contributed by atoms with Crippen molar-refractivity contribution in [3.63, 3.8) is 0 Å². The molecular weight excluding hydrogens is 474 g/mol. The van der Waals surface area contributed by atoms with E-state index in [1.165, 1.54) is 18.8 Å². The van der Waals surface area contributed by atoms with Gasteiger partial charge in [0.25, 0.3) is 5.91 Å². The highest BCUT2D eigenvalue weighted by Crippen LogP contribution is 2.51. The molecule has 0 spiro atoms. The highest BCUT2D eigenvalue weighted by atomic mass is 79.9. The SMILES string of the molecule is CO[C@@]1(C=S)C(=O)N2C(C(=O)C(C)(C)C)=C(c3nnnn3C)C(Br)S(=O)(=O)[C@H]21. The molecule has 1 saturated heterocycles. The maximum atomic E-state index is 13.3. The predicted molar refractivity (Wildman–Crippen MR) is 106 cm³/mol. The zero-order chi connectivity index (χ0) is 21.2. The minimum atomic E-state index is -4.09. The van der Waals surface area contributed by atoms with Crippen LogP contribution in [0.25, 0.3) is 5.57 Å². The summed E-state index contributed by atoms with van der Waals surface area (Å²) < 4.78 is 31.7. The van der Waals surface area contributed by atoms with Crippen LogP contribution in [0.15, 0.2) is 5.70 Å². The fraction of sp³-hybridized carbons (Fsp3) is 0.600. The number of aromatic nitrogens is 4. The first-order valence-corrected chi connectivity index (χ1v) is 11.1. The normalized spacial score (nSPS) is 29.4. The summed E-state index contributed by atoms with van der Waals surface area (Å²) >= 11 is 8.11. The number of tetrazole rings is 1. The Morgan fingerprint density at radius 3 is 2.43 bits per heavy atom. The quantitative estimate of drug-likeness (QED) is 0.330. The molecule has 0 aromatic carbocycles. The number of aryl methyl sites for hydroxylation is 1. The van der Waals surface area contributed by atoms with Crippen LogP contribution in [-0.2, 0) is 31.2 Å². The van der Waals surface area contributed by atoms with Gasteiger partial charge >= 0.3 is 0 Å².